The highest BCUT2D eigenvalue weighted by Crippen LogP contribution is 2.34. The Morgan fingerprint density at radius 2 is 1.38 bits per heavy atom. The summed E-state index contributed by atoms with van der Waals surface area (Å²) < 4.78 is 5.51. The van der Waals surface area contributed by atoms with Crippen LogP contribution in [0.15, 0.2) is 90.0 Å². The van der Waals surface area contributed by atoms with Crippen LogP contribution in [0.5, 0.6) is 0 Å². The van der Waals surface area contributed by atoms with E-state index in [0.717, 1.165) is 33.4 Å². The highest BCUT2D eigenvalue weighted by atomic mass is 16.3. The van der Waals surface area contributed by atoms with Crippen molar-refractivity contribution < 1.29 is 4.42 Å². The van der Waals surface area contributed by atoms with Crippen LogP contribution >= 0.6 is 0 Å². The predicted octanol–water partition coefficient (Wildman–Crippen LogP) is 5.98. The minimum Gasteiger partial charge on any atom is -0.471 e. The standard InChI is InChI=1S/C22H17NO/c1-16-6-5-9-18(10-16)21-14-24-15-22(21)20-11-19(12-23-13-20)17-7-3-2-4-8-17/h2-15H,1H3. The van der Waals surface area contributed by atoms with Crippen molar-refractivity contribution in [2.45, 2.75) is 6.92 Å². The average molecular weight is 311 g/mol. The largest absolute Gasteiger partial charge is 0.471 e. The number of pyridine rings is 1. The van der Waals surface area contributed by atoms with Gasteiger partial charge in [0, 0.05) is 34.6 Å². The third-order valence-electron chi connectivity index (χ3n) is 4.15. The first kappa shape index (κ1) is 14.5. The van der Waals surface area contributed by atoms with Crippen molar-refractivity contribution in [2.24, 2.45) is 0 Å². The van der Waals surface area contributed by atoms with E-state index < -0.39 is 0 Å². The number of hydrogen-bond donors (Lipinski definition) is 0. The van der Waals surface area contributed by atoms with E-state index in [1.165, 1.54) is 5.56 Å². The number of rotatable bonds is 3. The maximum atomic E-state index is 5.51. The van der Waals surface area contributed by atoms with E-state index in [0.29, 0.717) is 0 Å². The maximum absolute atomic E-state index is 5.51. The number of furan rings is 1. The topological polar surface area (TPSA) is 26.0 Å². The molecule has 0 amide bonds. The molecule has 0 fully saturated rings. The predicted molar refractivity (Wildman–Crippen MR) is 97.5 cm³/mol. The fraction of sp³-hybridized carbons (Fsp3) is 0.0455. The molecule has 0 N–H and O–H groups in total. The molecule has 4 rings (SSSR count). The number of benzene rings is 2. The Bertz CT molecular complexity index is 970. The lowest BCUT2D eigenvalue weighted by molar-refractivity contribution is 0.569. The maximum Gasteiger partial charge on any atom is 0.0988 e. The lowest BCUT2D eigenvalue weighted by atomic mass is 9.97. The molecule has 116 valence electrons. The minimum atomic E-state index is 1.06. The van der Waals surface area contributed by atoms with Crippen LogP contribution in [0.3, 0.4) is 0 Å². The van der Waals surface area contributed by atoms with E-state index in [9.17, 15) is 0 Å². The SMILES string of the molecule is Cc1cccc(-c2cocc2-c2cncc(-c3ccccc3)c2)c1. The molecule has 2 aromatic carbocycles. The van der Waals surface area contributed by atoms with Crippen LogP contribution in [0.4, 0.5) is 0 Å². The second-order valence-electron chi connectivity index (χ2n) is 5.90. The molecule has 0 saturated carbocycles. The minimum absolute atomic E-state index is 1.06. The van der Waals surface area contributed by atoms with Crippen LogP contribution in [0, 0.1) is 6.92 Å². The van der Waals surface area contributed by atoms with Crippen LogP contribution in [0.2, 0.25) is 0 Å². The molecule has 0 atom stereocenters. The third kappa shape index (κ3) is 2.74. The van der Waals surface area contributed by atoms with Crippen LogP contribution in [0.1, 0.15) is 5.56 Å². The van der Waals surface area contributed by atoms with Crippen LogP contribution < -0.4 is 0 Å². The Balaban J connectivity index is 1.80. The van der Waals surface area contributed by atoms with Crippen molar-refractivity contribution in [3.63, 3.8) is 0 Å². The second kappa shape index (κ2) is 6.17. The van der Waals surface area contributed by atoms with Gasteiger partial charge in [0.2, 0.25) is 0 Å². The molecule has 0 aliphatic carbocycles. The smallest absolute Gasteiger partial charge is 0.0988 e. The molecular formula is C22H17NO. The second-order valence-corrected chi connectivity index (χ2v) is 5.90. The lowest BCUT2D eigenvalue weighted by Gasteiger charge is -2.07. The Morgan fingerprint density at radius 1 is 0.667 bits per heavy atom. The van der Waals surface area contributed by atoms with Crippen molar-refractivity contribution in [3.05, 3.63) is 91.1 Å². The molecule has 0 unspecified atom stereocenters. The van der Waals surface area contributed by atoms with Gasteiger partial charge in [-0.2, -0.15) is 0 Å². The summed E-state index contributed by atoms with van der Waals surface area (Å²) >= 11 is 0. The number of nitrogens with zero attached hydrogens (tertiary/aromatic N) is 1. The zero-order valence-electron chi connectivity index (χ0n) is 13.4. The molecular weight excluding hydrogens is 294 g/mol. The Morgan fingerprint density at radius 3 is 2.17 bits per heavy atom. The summed E-state index contributed by atoms with van der Waals surface area (Å²) in [7, 11) is 0. The quantitative estimate of drug-likeness (QED) is 0.465. The van der Waals surface area contributed by atoms with Crippen molar-refractivity contribution >= 4 is 0 Å². The highest BCUT2D eigenvalue weighted by molar-refractivity contribution is 5.84. The van der Waals surface area contributed by atoms with Crippen LogP contribution in [0.25, 0.3) is 33.4 Å². The van der Waals surface area contributed by atoms with E-state index in [1.54, 1.807) is 12.5 Å². The van der Waals surface area contributed by atoms with Gasteiger partial charge >= 0.3 is 0 Å². The summed E-state index contributed by atoms with van der Waals surface area (Å²) in [5.41, 5.74) is 7.86. The first-order valence-corrected chi connectivity index (χ1v) is 7.95. The molecule has 24 heavy (non-hydrogen) atoms. The van der Waals surface area contributed by atoms with E-state index >= 15 is 0 Å². The van der Waals surface area contributed by atoms with Gasteiger partial charge in [-0.15, -0.1) is 0 Å². The van der Waals surface area contributed by atoms with Crippen LogP contribution in [-0.4, -0.2) is 4.98 Å². The van der Waals surface area contributed by atoms with Gasteiger partial charge in [-0.3, -0.25) is 4.98 Å². The van der Waals surface area contributed by atoms with Gasteiger partial charge in [0.1, 0.15) is 0 Å². The Labute approximate surface area is 141 Å². The number of hydrogen-bond acceptors (Lipinski definition) is 2. The molecule has 0 bridgehead atoms. The Kier molecular flexibility index (Phi) is 3.72. The fourth-order valence-electron chi connectivity index (χ4n) is 2.93. The van der Waals surface area contributed by atoms with Crippen LogP contribution in [-0.2, 0) is 0 Å². The van der Waals surface area contributed by atoms with E-state index in [1.807, 2.05) is 30.6 Å². The van der Waals surface area contributed by atoms with Gasteiger partial charge in [-0.25, -0.2) is 0 Å². The van der Waals surface area contributed by atoms with Gasteiger partial charge in [0.15, 0.2) is 0 Å². The fourth-order valence-corrected chi connectivity index (χ4v) is 2.93. The highest BCUT2D eigenvalue weighted by Gasteiger charge is 2.11. The van der Waals surface area contributed by atoms with Gasteiger partial charge in [0.25, 0.3) is 0 Å². The summed E-state index contributed by atoms with van der Waals surface area (Å²) in [6, 6.07) is 20.9. The zero-order chi connectivity index (χ0) is 16.4. The van der Waals surface area contributed by atoms with Crippen molar-refractivity contribution in [1.82, 2.24) is 4.98 Å². The molecule has 0 aliphatic heterocycles. The van der Waals surface area contributed by atoms with Crippen molar-refractivity contribution in [2.75, 3.05) is 0 Å². The molecule has 2 nitrogen and oxygen atoms in total. The first-order valence-electron chi connectivity index (χ1n) is 7.95. The Hall–Kier alpha value is -3.13. The molecule has 2 heteroatoms. The van der Waals surface area contributed by atoms with Crippen molar-refractivity contribution in [3.8, 4) is 33.4 Å². The van der Waals surface area contributed by atoms with Gasteiger partial charge in [0.05, 0.1) is 12.5 Å². The first-order chi connectivity index (χ1) is 11.8. The molecule has 0 radical (unpaired) electrons. The summed E-state index contributed by atoms with van der Waals surface area (Å²) in [5.74, 6) is 0. The van der Waals surface area contributed by atoms with E-state index in [4.69, 9.17) is 4.42 Å². The lowest BCUT2D eigenvalue weighted by Crippen LogP contribution is -1.85. The summed E-state index contributed by atoms with van der Waals surface area (Å²) in [6.45, 7) is 2.10. The van der Waals surface area contributed by atoms with Gasteiger partial charge in [-0.05, 0) is 24.1 Å². The van der Waals surface area contributed by atoms with Crippen molar-refractivity contribution in [1.29, 1.82) is 0 Å². The molecule has 0 spiro atoms. The van der Waals surface area contributed by atoms with E-state index in [-0.39, 0.29) is 0 Å². The van der Waals surface area contributed by atoms with Gasteiger partial charge in [-0.1, -0.05) is 60.2 Å². The molecule has 2 aromatic heterocycles. The molecule has 2 heterocycles. The third-order valence-corrected chi connectivity index (χ3v) is 4.15. The summed E-state index contributed by atoms with van der Waals surface area (Å²) in [5, 5.41) is 0. The van der Waals surface area contributed by atoms with E-state index in [2.05, 4.69) is 54.4 Å². The number of aryl methyl sites for hydroxylation is 1. The molecule has 4 aromatic rings. The molecule has 0 aliphatic rings. The normalized spacial score (nSPS) is 10.7. The summed E-state index contributed by atoms with van der Waals surface area (Å²) in [4.78, 5) is 4.43. The zero-order valence-corrected chi connectivity index (χ0v) is 13.4. The summed E-state index contributed by atoms with van der Waals surface area (Å²) in [6.07, 6.45) is 7.38. The van der Waals surface area contributed by atoms with Gasteiger partial charge < -0.3 is 4.42 Å². The monoisotopic (exact) mass is 311 g/mol. The number of aromatic nitrogens is 1. The average Bonchev–Trinajstić information content (AvgIpc) is 3.12. The molecule has 0 saturated heterocycles.